The van der Waals surface area contributed by atoms with Gasteiger partial charge in [0.1, 0.15) is 10.8 Å². The van der Waals surface area contributed by atoms with Crippen LogP contribution in [-0.2, 0) is 5.88 Å². The van der Waals surface area contributed by atoms with E-state index in [2.05, 4.69) is 4.98 Å². The fourth-order valence-corrected chi connectivity index (χ4v) is 1.23. The zero-order chi connectivity index (χ0) is 10.0. The van der Waals surface area contributed by atoms with Crippen molar-refractivity contribution >= 4 is 23.2 Å². The highest BCUT2D eigenvalue weighted by atomic mass is 35.5. The summed E-state index contributed by atoms with van der Waals surface area (Å²) in [4.78, 5) is 3.16. The first-order valence-corrected chi connectivity index (χ1v) is 4.16. The summed E-state index contributed by atoms with van der Waals surface area (Å²) in [6.07, 6.45) is -2.99. The van der Waals surface area contributed by atoms with Crippen LogP contribution in [0.15, 0.2) is 6.07 Å². The lowest BCUT2D eigenvalue weighted by Crippen LogP contribution is -2.00. The number of hydrogen-bond donors (Lipinski definition) is 0. The molecule has 1 heterocycles. The van der Waals surface area contributed by atoms with Gasteiger partial charge in [0.15, 0.2) is 5.82 Å². The molecule has 72 valence electrons. The van der Waals surface area contributed by atoms with Gasteiger partial charge < -0.3 is 0 Å². The molecule has 0 saturated carbocycles. The van der Waals surface area contributed by atoms with Crippen LogP contribution in [0.1, 0.15) is 17.7 Å². The Morgan fingerprint density at radius 1 is 1.46 bits per heavy atom. The predicted molar refractivity (Wildman–Crippen MR) is 43.7 cm³/mol. The highest BCUT2D eigenvalue weighted by molar-refractivity contribution is 6.29. The first-order valence-electron chi connectivity index (χ1n) is 3.25. The molecule has 0 N–H and O–H groups in total. The van der Waals surface area contributed by atoms with Crippen LogP contribution < -0.4 is 0 Å². The van der Waals surface area contributed by atoms with E-state index in [9.17, 15) is 13.2 Å². The fourth-order valence-electron chi connectivity index (χ4n) is 0.810. The van der Waals surface area contributed by atoms with Gasteiger partial charge >= 0.3 is 0 Å². The van der Waals surface area contributed by atoms with Crippen molar-refractivity contribution in [2.75, 3.05) is 0 Å². The Kier molecular flexibility index (Phi) is 3.39. The van der Waals surface area contributed by atoms with Crippen molar-refractivity contribution in [2.24, 2.45) is 0 Å². The fraction of sp³-hybridized carbons (Fsp3) is 0.286. The van der Waals surface area contributed by atoms with Gasteiger partial charge in [-0.3, -0.25) is 0 Å². The van der Waals surface area contributed by atoms with E-state index in [4.69, 9.17) is 23.2 Å². The van der Waals surface area contributed by atoms with Crippen molar-refractivity contribution < 1.29 is 13.2 Å². The molecule has 0 aromatic carbocycles. The minimum atomic E-state index is -2.99. The lowest BCUT2D eigenvalue weighted by Gasteiger charge is -2.04. The SMILES string of the molecule is Fc1c(CCl)cc(Cl)nc1C(F)F. The molecule has 1 rings (SSSR count). The first kappa shape index (κ1) is 10.6. The van der Waals surface area contributed by atoms with Gasteiger partial charge in [0.25, 0.3) is 6.43 Å². The second-order valence-corrected chi connectivity index (χ2v) is 2.89. The van der Waals surface area contributed by atoms with Crippen molar-refractivity contribution in [3.8, 4) is 0 Å². The van der Waals surface area contributed by atoms with E-state index < -0.39 is 17.9 Å². The summed E-state index contributed by atoms with van der Waals surface area (Å²) in [7, 11) is 0. The Labute approximate surface area is 82.5 Å². The maximum Gasteiger partial charge on any atom is 0.283 e. The van der Waals surface area contributed by atoms with Crippen LogP contribution in [0, 0.1) is 5.82 Å². The smallest absolute Gasteiger partial charge is 0.232 e. The van der Waals surface area contributed by atoms with Gasteiger partial charge in [-0.2, -0.15) is 0 Å². The maximum absolute atomic E-state index is 13.0. The lowest BCUT2D eigenvalue weighted by atomic mass is 10.2. The molecule has 0 amide bonds. The minimum absolute atomic E-state index is 0.0723. The second kappa shape index (κ2) is 4.15. The number of rotatable bonds is 2. The molecule has 0 atom stereocenters. The third kappa shape index (κ3) is 2.25. The molecule has 0 radical (unpaired) electrons. The molecule has 0 aliphatic carbocycles. The number of aromatic nitrogens is 1. The standard InChI is InChI=1S/C7H4Cl2F3N/c8-2-3-1-4(9)13-6(5(3)10)7(11)12/h1,7H,2H2. The Morgan fingerprint density at radius 2 is 2.08 bits per heavy atom. The Balaban J connectivity index is 3.27. The number of nitrogens with zero attached hydrogens (tertiary/aromatic N) is 1. The molecule has 1 aromatic rings. The zero-order valence-electron chi connectivity index (χ0n) is 6.20. The third-order valence-corrected chi connectivity index (χ3v) is 1.86. The van der Waals surface area contributed by atoms with Crippen molar-refractivity contribution in [2.45, 2.75) is 12.3 Å². The number of hydrogen-bond acceptors (Lipinski definition) is 1. The van der Waals surface area contributed by atoms with Crippen LogP contribution in [-0.4, -0.2) is 4.98 Å². The highest BCUT2D eigenvalue weighted by Crippen LogP contribution is 2.25. The summed E-state index contributed by atoms with van der Waals surface area (Å²) < 4.78 is 37.3. The zero-order valence-corrected chi connectivity index (χ0v) is 7.71. The first-order chi connectivity index (χ1) is 6.06. The lowest BCUT2D eigenvalue weighted by molar-refractivity contribution is 0.140. The molecule has 1 nitrogen and oxygen atoms in total. The van der Waals surface area contributed by atoms with Gasteiger partial charge in [-0.1, -0.05) is 11.6 Å². The maximum atomic E-state index is 13.0. The molecule has 1 aromatic heterocycles. The van der Waals surface area contributed by atoms with Gasteiger partial charge in [-0.15, -0.1) is 11.6 Å². The Morgan fingerprint density at radius 3 is 2.54 bits per heavy atom. The molecule has 0 unspecified atom stereocenters. The molecular weight excluding hydrogens is 226 g/mol. The molecule has 0 aliphatic rings. The largest absolute Gasteiger partial charge is 0.283 e. The van der Waals surface area contributed by atoms with Crippen molar-refractivity contribution in [3.05, 3.63) is 28.3 Å². The Hall–Kier alpha value is -0.480. The van der Waals surface area contributed by atoms with Gasteiger partial charge in [0, 0.05) is 5.56 Å². The van der Waals surface area contributed by atoms with Gasteiger partial charge in [0.2, 0.25) is 0 Å². The second-order valence-electron chi connectivity index (χ2n) is 2.24. The van der Waals surface area contributed by atoms with E-state index in [0.29, 0.717) is 0 Å². The molecule has 0 aliphatic heterocycles. The van der Waals surface area contributed by atoms with Gasteiger partial charge in [0.05, 0.1) is 5.88 Å². The summed E-state index contributed by atoms with van der Waals surface area (Å²) in [5.74, 6) is -1.30. The molecule has 0 spiro atoms. The topological polar surface area (TPSA) is 12.9 Å². The summed E-state index contributed by atoms with van der Waals surface area (Å²) in [5, 5.41) is -0.188. The van der Waals surface area contributed by atoms with Crippen LogP contribution >= 0.6 is 23.2 Å². The number of alkyl halides is 3. The molecule has 6 heteroatoms. The van der Waals surface area contributed by atoms with E-state index in [1.807, 2.05) is 0 Å². The van der Waals surface area contributed by atoms with E-state index in [1.165, 1.54) is 0 Å². The monoisotopic (exact) mass is 229 g/mol. The summed E-state index contributed by atoms with van der Waals surface area (Å²) in [6.45, 7) is 0. The quantitative estimate of drug-likeness (QED) is 0.559. The predicted octanol–water partition coefficient (Wildman–Crippen LogP) is 3.55. The van der Waals surface area contributed by atoms with Crippen molar-refractivity contribution in [3.63, 3.8) is 0 Å². The van der Waals surface area contributed by atoms with E-state index >= 15 is 0 Å². The Bertz CT molecular complexity index is 317. The van der Waals surface area contributed by atoms with Crippen molar-refractivity contribution in [1.82, 2.24) is 4.98 Å². The minimum Gasteiger partial charge on any atom is -0.232 e. The number of pyridine rings is 1. The van der Waals surface area contributed by atoms with E-state index in [1.54, 1.807) is 0 Å². The van der Waals surface area contributed by atoms with E-state index in [0.717, 1.165) is 6.07 Å². The summed E-state index contributed by atoms with van der Waals surface area (Å²) in [5.41, 5.74) is -1.03. The van der Waals surface area contributed by atoms with Crippen LogP contribution in [0.25, 0.3) is 0 Å². The average Bonchev–Trinajstić information content (AvgIpc) is 2.08. The summed E-state index contributed by atoms with van der Waals surface area (Å²) >= 11 is 10.7. The third-order valence-electron chi connectivity index (χ3n) is 1.38. The number of halogens is 5. The molecule has 0 fully saturated rings. The normalized spacial score (nSPS) is 10.9. The molecular formula is C7H4Cl2F3N. The highest BCUT2D eigenvalue weighted by Gasteiger charge is 2.19. The average molecular weight is 230 g/mol. The van der Waals surface area contributed by atoms with Crippen molar-refractivity contribution in [1.29, 1.82) is 0 Å². The van der Waals surface area contributed by atoms with Crippen LogP contribution in [0.4, 0.5) is 13.2 Å². The van der Waals surface area contributed by atoms with E-state index in [-0.39, 0.29) is 16.6 Å². The molecule has 0 bridgehead atoms. The van der Waals surface area contributed by atoms with Gasteiger partial charge in [-0.25, -0.2) is 18.2 Å². The van der Waals surface area contributed by atoms with Crippen LogP contribution in [0.3, 0.4) is 0 Å². The van der Waals surface area contributed by atoms with Gasteiger partial charge in [-0.05, 0) is 6.07 Å². The molecule has 13 heavy (non-hydrogen) atoms. The van der Waals surface area contributed by atoms with Crippen LogP contribution in [0.2, 0.25) is 5.15 Å². The van der Waals surface area contributed by atoms with Crippen LogP contribution in [0.5, 0.6) is 0 Å². The molecule has 0 saturated heterocycles. The summed E-state index contributed by atoms with van der Waals surface area (Å²) in [6, 6.07) is 1.12.